The number of para-hydroxylation sites is 1. The molecule has 0 unspecified atom stereocenters. The summed E-state index contributed by atoms with van der Waals surface area (Å²) in [5.74, 6) is -1.45. The van der Waals surface area contributed by atoms with Gasteiger partial charge in [-0.1, -0.05) is 26.0 Å². The van der Waals surface area contributed by atoms with E-state index >= 15 is 0 Å². The summed E-state index contributed by atoms with van der Waals surface area (Å²) < 4.78 is 15.3. The van der Waals surface area contributed by atoms with Gasteiger partial charge in [-0.05, 0) is 24.1 Å². The number of aromatic carboxylic acids is 1. The summed E-state index contributed by atoms with van der Waals surface area (Å²) in [7, 11) is 0. The molecule has 0 aliphatic rings. The van der Waals surface area contributed by atoms with Crippen molar-refractivity contribution >= 4 is 17.0 Å². The molecule has 22 heavy (non-hydrogen) atoms. The van der Waals surface area contributed by atoms with Gasteiger partial charge in [0, 0.05) is 5.69 Å². The van der Waals surface area contributed by atoms with Crippen LogP contribution in [0.25, 0.3) is 16.7 Å². The third kappa shape index (κ3) is 2.22. The van der Waals surface area contributed by atoms with Crippen LogP contribution in [0.4, 0.5) is 4.39 Å². The van der Waals surface area contributed by atoms with Gasteiger partial charge in [-0.2, -0.15) is 5.10 Å². The monoisotopic (exact) mass is 299 g/mol. The van der Waals surface area contributed by atoms with Crippen molar-refractivity contribution in [3.63, 3.8) is 0 Å². The highest BCUT2D eigenvalue weighted by molar-refractivity contribution is 6.01. The Kier molecular flexibility index (Phi) is 3.36. The molecular formula is C16H14FN3O2. The van der Waals surface area contributed by atoms with Crippen molar-refractivity contribution in [2.75, 3.05) is 0 Å². The van der Waals surface area contributed by atoms with Gasteiger partial charge < -0.3 is 5.11 Å². The Hall–Kier alpha value is -2.76. The molecule has 0 saturated carbocycles. The van der Waals surface area contributed by atoms with Crippen LogP contribution in [-0.4, -0.2) is 25.8 Å². The smallest absolute Gasteiger partial charge is 0.336 e. The molecule has 0 spiro atoms. The highest BCUT2D eigenvalue weighted by atomic mass is 19.1. The number of hydrogen-bond donors (Lipinski definition) is 1. The predicted octanol–water partition coefficient (Wildman–Crippen LogP) is 3.38. The first-order valence-electron chi connectivity index (χ1n) is 6.86. The van der Waals surface area contributed by atoms with E-state index in [0.29, 0.717) is 16.7 Å². The molecule has 1 N–H and O–H groups in total. The summed E-state index contributed by atoms with van der Waals surface area (Å²) in [4.78, 5) is 15.9. The van der Waals surface area contributed by atoms with Gasteiger partial charge in [-0.25, -0.2) is 18.9 Å². The average Bonchev–Trinajstić information content (AvgIpc) is 2.90. The van der Waals surface area contributed by atoms with Crippen molar-refractivity contribution in [1.29, 1.82) is 0 Å². The highest BCUT2D eigenvalue weighted by Gasteiger charge is 2.18. The molecule has 0 saturated heterocycles. The third-order valence-electron chi connectivity index (χ3n) is 3.46. The van der Waals surface area contributed by atoms with Crippen molar-refractivity contribution in [1.82, 2.24) is 14.8 Å². The minimum atomic E-state index is -1.05. The first kappa shape index (κ1) is 14.2. The molecule has 0 amide bonds. The fraction of sp³-hybridized carbons (Fsp3) is 0.188. The fourth-order valence-corrected chi connectivity index (χ4v) is 2.29. The van der Waals surface area contributed by atoms with Crippen molar-refractivity contribution in [2.24, 2.45) is 0 Å². The molecule has 6 heteroatoms. The summed E-state index contributed by atoms with van der Waals surface area (Å²) in [6.07, 6.45) is 1.41. The highest BCUT2D eigenvalue weighted by Crippen LogP contribution is 2.25. The zero-order valence-electron chi connectivity index (χ0n) is 12.1. The number of rotatable bonds is 3. The number of benzene rings is 1. The number of carbonyl (C=O) groups is 1. The lowest BCUT2D eigenvalue weighted by Crippen LogP contribution is -2.05. The van der Waals surface area contributed by atoms with Crippen molar-refractivity contribution in [3.8, 4) is 5.69 Å². The van der Waals surface area contributed by atoms with E-state index in [1.54, 1.807) is 24.3 Å². The van der Waals surface area contributed by atoms with Crippen LogP contribution in [0.3, 0.4) is 0 Å². The van der Waals surface area contributed by atoms with Gasteiger partial charge in [-0.15, -0.1) is 0 Å². The number of halogens is 1. The lowest BCUT2D eigenvalue weighted by molar-refractivity contribution is 0.0699. The molecule has 0 radical (unpaired) electrons. The van der Waals surface area contributed by atoms with E-state index in [0.717, 1.165) is 0 Å². The van der Waals surface area contributed by atoms with Gasteiger partial charge >= 0.3 is 5.97 Å². The Morgan fingerprint density at radius 3 is 2.68 bits per heavy atom. The Balaban J connectivity index is 2.35. The van der Waals surface area contributed by atoms with Crippen LogP contribution in [0.15, 0.2) is 36.5 Å². The molecule has 3 rings (SSSR count). The van der Waals surface area contributed by atoms with Crippen LogP contribution in [0.5, 0.6) is 0 Å². The maximum atomic E-state index is 14.0. The normalized spacial score (nSPS) is 11.3. The van der Waals surface area contributed by atoms with Crippen LogP contribution in [0.2, 0.25) is 0 Å². The molecule has 5 nitrogen and oxygen atoms in total. The van der Waals surface area contributed by atoms with E-state index in [9.17, 15) is 14.3 Å². The van der Waals surface area contributed by atoms with Crippen molar-refractivity contribution < 1.29 is 14.3 Å². The van der Waals surface area contributed by atoms with Crippen molar-refractivity contribution in [2.45, 2.75) is 19.8 Å². The van der Waals surface area contributed by atoms with Gasteiger partial charge in [0.25, 0.3) is 0 Å². The number of carboxylic acid groups (broad SMARTS) is 1. The Morgan fingerprint density at radius 2 is 2.05 bits per heavy atom. The molecule has 3 aromatic rings. The van der Waals surface area contributed by atoms with E-state index in [4.69, 9.17) is 0 Å². The maximum absolute atomic E-state index is 14.0. The largest absolute Gasteiger partial charge is 0.478 e. The Morgan fingerprint density at radius 1 is 1.32 bits per heavy atom. The minimum absolute atomic E-state index is 0.0477. The SMILES string of the molecule is CC(C)c1cc(C(=O)O)c2cnn(-c3ccccc3F)c2n1. The quantitative estimate of drug-likeness (QED) is 0.805. The molecule has 1 aromatic carbocycles. The van der Waals surface area contributed by atoms with Crippen molar-refractivity contribution in [3.05, 3.63) is 53.6 Å². The summed E-state index contributed by atoms with van der Waals surface area (Å²) in [6.45, 7) is 3.84. The second-order valence-electron chi connectivity index (χ2n) is 5.30. The van der Waals surface area contributed by atoms with Crippen LogP contribution >= 0.6 is 0 Å². The zero-order valence-corrected chi connectivity index (χ0v) is 12.1. The standard InChI is InChI=1S/C16H14FN3O2/c1-9(2)13-7-10(16(21)22)11-8-18-20(15(11)19-13)14-6-4-3-5-12(14)17/h3-9H,1-2H3,(H,21,22). The van der Waals surface area contributed by atoms with Gasteiger partial charge in [0.2, 0.25) is 0 Å². The second-order valence-corrected chi connectivity index (χ2v) is 5.30. The number of pyridine rings is 1. The molecule has 0 bridgehead atoms. The summed E-state index contributed by atoms with van der Waals surface area (Å²) >= 11 is 0. The van der Waals surface area contributed by atoms with E-state index in [1.165, 1.54) is 16.9 Å². The number of nitrogens with zero attached hydrogens (tertiary/aromatic N) is 3. The molecular weight excluding hydrogens is 285 g/mol. The summed E-state index contributed by atoms with van der Waals surface area (Å²) in [5.41, 5.74) is 1.33. The van der Waals surface area contributed by atoms with Gasteiger partial charge in [0.05, 0.1) is 17.1 Å². The van der Waals surface area contributed by atoms with Gasteiger partial charge in [0.1, 0.15) is 11.5 Å². The van der Waals surface area contributed by atoms with Gasteiger partial charge in [0.15, 0.2) is 5.65 Å². The first-order valence-corrected chi connectivity index (χ1v) is 6.86. The molecule has 0 aliphatic heterocycles. The third-order valence-corrected chi connectivity index (χ3v) is 3.46. The van der Waals surface area contributed by atoms with Crippen LogP contribution in [-0.2, 0) is 0 Å². The van der Waals surface area contributed by atoms with E-state index < -0.39 is 11.8 Å². The number of aromatic nitrogens is 3. The number of fused-ring (bicyclic) bond motifs is 1. The minimum Gasteiger partial charge on any atom is -0.478 e. The topological polar surface area (TPSA) is 68.0 Å². The zero-order chi connectivity index (χ0) is 15.9. The molecule has 0 atom stereocenters. The van der Waals surface area contributed by atoms with Gasteiger partial charge in [-0.3, -0.25) is 0 Å². The predicted molar refractivity (Wildman–Crippen MR) is 79.9 cm³/mol. The molecule has 0 fully saturated rings. The van der Waals surface area contributed by atoms with Crippen LogP contribution in [0.1, 0.15) is 35.8 Å². The van der Waals surface area contributed by atoms with E-state index in [1.807, 2.05) is 13.8 Å². The number of hydrogen-bond acceptors (Lipinski definition) is 3. The lowest BCUT2D eigenvalue weighted by Gasteiger charge is -2.09. The lowest BCUT2D eigenvalue weighted by atomic mass is 10.1. The first-order chi connectivity index (χ1) is 10.5. The van der Waals surface area contributed by atoms with E-state index in [2.05, 4.69) is 10.1 Å². The second kappa shape index (κ2) is 5.22. The van der Waals surface area contributed by atoms with E-state index in [-0.39, 0.29) is 17.2 Å². The Labute approximate surface area is 126 Å². The summed E-state index contributed by atoms with van der Waals surface area (Å²) in [6, 6.07) is 7.72. The fourth-order valence-electron chi connectivity index (χ4n) is 2.29. The molecule has 2 aromatic heterocycles. The Bertz CT molecular complexity index is 871. The number of carboxylic acids is 1. The molecule has 0 aliphatic carbocycles. The molecule has 2 heterocycles. The maximum Gasteiger partial charge on any atom is 0.336 e. The summed E-state index contributed by atoms with van der Waals surface area (Å²) in [5, 5.41) is 13.9. The average molecular weight is 299 g/mol. The van der Waals surface area contributed by atoms with Crippen LogP contribution < -0.4 is 0 Å². The molecule has 112 valence electrons. The van der Waals surface area contributed by atoms with Crippen LogP contribution in [0, 0.1) is 5.82 Å².